The molecule has 0 atom stereocenters. The summed E-state index contributed by atoms with van der Waals surface area (Å²) >= 11 is 0. The highest BCUT2D eigenvalue weighted by molar-refractivity contribution is 5.92. The van der Waals surface area contributed by atoms with E-state index in [1.165, 1.54) is 0 Å². The van der Waals surface area contributed by atoms with Gasteiger partial charge in [-0.3, -0.25) is 19.4 Å². The molecule has 7 nitrogen and oxygen atoms in total. The summed E-state index contributed by atoms with van der Waals surface area (Å²) in [5.74, 6) is 0.930. The average molecular weight is 384 g/mol. The van der Waals surface area contributed by atoms with Crippen molar-refractivity contribution in [1.82, 2.24) is 14.7 Å². The van der Waals surface area contributed by atoms with Crippen LogP contribution in [-0.2, 0) is 16.1 Å². The highest BCUT2D eigenvalue weighted by Gasteiger charge is 2.23. The average Bonchev–Trinajstić information content (AvgIpc) is 3.17. The smallest absolute Gasteiger partial charge is 0.238 e. The van der Waals surface area contributed by atoms with E-state index >= 15 is 0 Å². The van der Waals surface area contributed by atoms with Gasteiger partial charge in [-0.05, 0) is 38.2 Å². The van der Waals surface area contributed by atoms with Crippen molar-refractivity contribution >= 4 is 17.5 Å². The highest BCUT2D eigenvalue weighted by atomic mass is 16.3. The second kappa shape index (κ2) is 9.52. The Labute approximate surface area is 165 Å². The molecule has 0 saturated carbocycles. The van der Waals surface area contributed by atoms with Crippen LogP contribution in [0.3, 0.4) is 0 Å². The number of rotatable bonds is 7. The molecule has 1 aliphatic heterocycles. The van der Waals surface area contributed by atoms with Gasteiger partial charge in [0.1, 0.15) is 5.76 Å². The molecule has 2 aromatic rings. The number of piperazine rings is 1. The van der Waals surface area contributed by atoms with Crippen molar-refractivity contribution in [2.24, 2.45) is 0 Å². The first kappa shape index (κ1) is 20.1. The summed E-state index contributed by atoms with van der Waals surface area (Å²) in [6, 6.07) is 11.5. The first-order valence-corrected chi connectivity index (χ1v) is 9.57. The maximum Gasteiger partial charge on any atom is 0.238 e. The SMILES string of the molecule is Cc1ccc(NC(=O)CN2CCN(C(=O)CN(C)Cc3ccco3)CC2)cc1. The fourth-order valence-corrected chi connectivity index (χ4v) is 3.25. The minimum atomic E-state index is -0.0261. The van der Waals surface area contributed by atoms with Crippen LogP contribution in [0.2, 0.25) is 0 Å². The zero-order chi connectivity index (χ0) is 19.9. The van der Waals surface area contributed by atoms with E-state index in [0.29, 0.717) is 45.8 Å². The van der Waals surface area contributed by atoms with Crippen LogP contribution in [0.4, 0.5) is 5.69 Å². The molecule has 2 heterocycles. The third-order valence-electron chi connectivity index (χ3n) is 4.84. The van der Waals surface area contributed by atoms with Gasteiger partial charge in [-0.15, -0.1) is 0 Å². The number of furan rings is 1. The van der Waals surface area contributed by atoms with Gasteiger partial charge in [0.15, 0.2) is 0 Å². The van der Waals surface area contributed by atoms with Gasteiger partial charge in [-0.2, -0.15) is 0 Å². The molecule has 1 aliphatic rings. The van der Waals surface area contributed by atoms with Gasteiger partial charge < -0.3 is 14.6 Å². The van der Waals surface area contributed by atoms with E-state index in [1.807, 2.05) is 60.2 Å². The Morgan fingerprint density at radius 3 is 2.46 bits per heavy atom. The summed E-state index contributed by atoms with van der Waals surface area (Å²) in [5, 5.41) is 2.92. The van der Waals surface area contributed by atoms with Crippen LogP contribution in [0.25, 0.3) is 0 Å². The van der Waals surface area contributed by atoms with Gasteiger partial charge in [0.2, 0.25) is 11.8 Å². The Kier molecular flexibility index (Phi) is 6.84. The molecule has 1 aromatic heterocycles. The monoisotopic (exact) mass is 384 g/mol. The number of carbonyl (C=O) groups excluding carboxylic acids is 2. The number of carbonyl (C=O) groups is 2. The lowest BCUT2D eigenvalue weighted by Crippen LogP contribution is -2.52. The van der Waals surface area contributed by atoms with Gasteiger partial charge in [0.05, 0.1) is 25.9 Å². The van der Waals surface area contributed by atoms with Crippen LogP contribution < -0.4 is 5.32 Å². The van der Waals surface area contributed by atoms with Crippen LogP contribution in [-0.4, -0.2) is 72.8 Å². The number of hydrogen-bond donors (Lipinski definition) is 1. The molecule has 0 unspecified atom stereocenters. The quantitative estimate of drug-likeness (QED) is 0.788. The fourth-order valence-electron chi connectivity index (χ4n) is 3.25. The molecule has 1 aromatic carbocycles. The summed E-state index contributed by atoms with van der Waals surface area (Å²) in [4.78, 5) is 30.6. The third-order valence-corrected chi connectivity index (χ3v) is 4.84. The number of benzene rings is 1. The molecule has 1 N–H and O–H groups in total. The van der Waals surface area contributed by atoms with Crippen molar-refractivity contribution in [3.8, 4) is 0 Å². The molecule has 28 heavy (non-hydrogen) atoms. The van der Waals surface area contributed by atoms with Crippen molar-refractivity contribution in [3.05, 3.63) is 54.0 Å². The minimum Gasteiger partial charge on any atom is -0.468 e. The van der Waals surface area contributed by atoms with Gasteiger partial charge in [0, 0.05) is 31.9 Å². The zero-order valence-corrected chi connectivity index (χ0v) is 16.6. The second-order valence-electron chi connectivity index (χ2n) is 7.32. The number of likely N-dealkylation sites (N-methyl/N-ethyl adjacent to an activating group) is 1. The van der Waals surface area contributed by atoms with E-state index < -0.39 is 0 Å². The van der Waals surface area contributed by atoms with E-state index in [0.717, 1.165) is 17.0 Å². The molecule has 0 aliphatic carbocycles. The van der Waals surface area contributed by atoms with Crippen LogP contribution in [0.15, 0.2) is 47.1 Å². The van der Waals surface area contributed by atoms with Gasteiger partial charge in [-0.1, -0.05) is 17.7 Å². The summed E-state index contributed by atoms with van der Waals surface area (Å²) < 4.78 is 5.32. The molecule has 1 saturated heterocycles. The van der Waals surface area contributed by atoms with E-state index in [9.17, 15) is 9.59 Å². The fraction of sp³-hybridized carbons (Fsp3) is 0.429. The van der Waals surface area contributed by atoms with Gasteiger partial charge in [-0.25, -0.2) is 0 Å². The number of amides is 2. The molecule has 1 fully saturated rings. The number of anilines is 1. The summed E-state index contributed by atoms with van der Waals surface area (Å²) in [6.45, 7) is 6.02. The van der Waals surface area contributed by atoms with E-state index in [2.05, 4.69) is 10.2 Å². The largest absolute Gasteiger partial charge is 0.468 e. The Morgan fingerprint density at radius 2 is 1.82 bits per heavy atom. The standard InChI is InChI=1S/C21H28N4O3/c1-17-5-7-18(8-6-17)22-20(26)15-24-9-11-25(12-10-24)21(27)16-23(2)14-19-4-3-13-28-19/h3-8,13H,9-12,14-16H2,1-2H3,(H,22,26). The van der Waals surface area contributed by atoms with Crippen LogP contribution >= 0.6 is 0 Å². The lowest BCUT2D eigenvalue weighted by atomic mass is 10.2. The van der Waals surface area contributed by atoms with Crippen molar-refractivity contribution < 1.29 is 14.0 Å². The Morgan fingerprint density at radius 1 is 1.11 bits per heavy atom. The van der Waals surface area contributed by atoms with Crippen molar-refractivity contribution in [2.45, 2.75) is 13.5 Å². The maximum atomic E-state index is 12.5. The van der Waals surface area contributed by atoms with Crippen molar-refractivity contribution in [1.29, 1.82) is 0 Å². The highest BCUT2D eigenvalue weighted by Crippen LogP contribution is 2.10. The molecule has 7 heteroatoms. The molecule has 0 radical (unpaired) electrons. The van der Waals surface area contributed by atoms with Crippen LogP contribution in [0.5, 0.6) is 0 Å². The van der Waals surface area contributed by atoms with Crippen LogP contribution in [0.1, 0.15) is 11.3 Å². The Bertz CT molecular complexity index is 765. The predicted molar refractivity (Wildman–Crippen MR) is 108 cm³/mol. The number of nitrogens with zero attached hydrogens (tertiary/aromatic N) is 3. The van der Waals surface area contributed by atoms with E-state index in [-0.39, 0.29) is 11.8 Å². The lowest BCUT2D eigenvalue weighted by Gasteiger charge is -2.35. The topological polar surface area (TPSA) is 69.0 Å². The predicted octanol–water partition coefficient (Wildman–Crippen LogP) is 1.80. The van der Waals surface area contributed by atoms with Crippen molar-refractivity contribution in [2.75, 3.05) is 51.6 Å². The summed E-state index contributed by atoms with van der Waals surface area (Å²) in [6.07, 6.45) is 1.64. The number of nitrogens with one attached hydrogen (secondary N) is 1. The van der Waals surface area contributed by atoms with Gasteiger partial charge >= 0.3 is 0 Å². The molecule has 150 valence electrons. The van der Waals surface area contributed by atoms with E-state index in [4.69, 9.17) is 4.42 Å². The molecular weight excluding hydrogens is 356 g/mol. The molecule has 3 rings (SSSR count). The molecular formula is C21H28N4O3. The normalized spacial score (nSPS) is 15.0. The Hall–Kier alpha value is -2.64. The lowest BCUT2D eigenvalue weighted by molar-refractivity contribution is -0.134. The molecule has 2 amide bonds. The summed E-state index contributed by atoms with van der Waals surface area (Å²) in [7, 11) is 1.91. The van der Waals surface area contributed by atoms with Crippen molar-refractivity contribution in [3.63, 3.8) is 0 Å². The number of aryl methyl sites for hydroxylation is 1. The summed E-state index contributed by atoms with van der Waals surface area (Å²) in [5.41, 5.74) is 1.97. The van der Waals surface area contributed by atoms with Crippen LogP contribution in [0, 0.1) is 6.92 Å². The van der Waals surface area contributed by atoms with Gasteiger partial charge in [0.25, 0.3) is 0 Å². The molecule has 0 bridgehead atoms. The Balaban J connectivity index is 1.38. The number of hydrogen-bond acceptors (Lipinski definition) is 5. The third kappa shape index (κ3) is 5.94. The molecule has 0 spiro atoms. The first-order chi connectivity index (χ1) is 13.5. The second-order valence-corrected chi connectivity index (χ2v) is 7.32. The maximum absolute atomic E-state index is 12.5. The van der Waals surface area contributed by atoms with E-state index in [1.54, 1.807) is 6.26 Å². The zero-order valence-electron chi connectivity index (χ0n) is 16.6. The first-order valence-electron chi connectivity index (χ1n) is 9.57. The minimum absolute atomic E-state index is 0.0261.